The molecule has 9 heteroatoms. The molecule has 0 radical (unpaired) electrons. The molecule has 1 aromatic carbocycles. The van der Waals surface area contributed by atoms with Gasteiger partial charge in [0, 0.05) is 39.0 Å². The number of nitrogens with zero attached hydrogens (tertiary/aromatic N) is 4. The average molecular weight is 563 g/mol. The highest BCUT2D eigenvalue weighted by Crippen LogP contribution is 2.34. The Labute approximate surface area is 238 Å². The van der Waals surface area contributed by atoms with E-state index in [0.29, 0.717) is 58.4 Å². The molecular formula is C30H34N4O3S2. The Morgan fingerprint density at radius 2 is 1.90 bits per heavy atom. The van der Waals surface area contributed by atoms with Crippen molar-refractivity contribution in [2.24, 2.45) is 5.92 Å². The van der Waals surface area contributed by atoms with Crippen molar-refractivity contribution in [3.8, 4) is 0 Å². The minimum absolute atomic E-state index is 0.164. The maximum absolute atomic E-state index is 13.8. The van der Waals surface area contributed by atoms with Crippen LogP contribution in [0, 0.1) is 12.8 Å². The van der Waals surface area contributed by atoms with Gasteiger partial charge in [0.05, 0.1) is 10.5 Å². The van der Waals surface area contributed by atoms with Crippen molar-refractivity contribution in [1.29, 1.82) is 0 Å². The molecule has 2 aromatic heterocycles. The predicted octanol–water partition coefficient (Wildman–Crippen LogP) is 5.09. The summed E-state index contributed by atoms with van der Waals surface area (Å²) in [5, 5.41) is 0. The highest BCUT2D eigenvalue weighted by Gasteiger charge is 2.33. The van der Waals surface area contributed by atoms with Gasteiger partial charge in [-0.2, -0.15) is 0 Å². The van der Waals surface area contributed by atoms with Gasteiger partial charge in [-0.3, -0.25) is 18.9 Å². The number of thioether (sulfide) groups is 1. The number of aromatic nitrogens is 2. The predicted molar refractivity (Wildman–Crippen MR) is 162 cm³/mol. The molecule has 0 aliphatic carbocycles. The van der Waals surface area contributed by atoms with Gasteiger partial charge < -0.3 is 9.64 Å². The van der Waals surface area contributed by atoms with Crippen LogP contribution in [0.5, 0.6) is 0 Å². The van der Waals surface area contributed by atoms with Crippen LogP contribution in [-0.4, -0.2) is 57.4 Å². The van der Waals surface area contributed by atoms with Crippen LogP contribution in [-0.2, 0) is 16.0 Å². The lowest BCUT2D eigenvalue weighted by atomic mass is 9.90. The Hall–Kier alpha value is -3.01. The quantitative estimate of drug-likeness (QED) is 0.204. The van der Waals surface area contributed by atoms with Gasteiger partial charge in [0.15, 0.2) is 0 Å². The fourth-order valence-electron chi connectivity index (χ4n) is 5.20. The molecule has 0 spiro atoms. The third-order valence-corrected chi connectivity index (χ3v) is 8.67. The molecule has 5 rings (SSSR count). The third kappa shape index (κ3) is 6.26. The molecule has 0 N–H and O–H groups in total. The molecule has 2 saturated heterocycles. The molecule has 204 valence electrons. The van der Waals surface area contributed by atoms with Gasteiger partial charge in [0.2, 0.25) is 0 Å². The zero-order valence-corrected chi connectivity index (χ0v) is 24.1. The lowest BCUT2D eigenvalue weighted by Gasteiger charge is -2.33. The maximum Gasteiger partial charge on any atom is 0.267 e. The van der Waals surface area contributed by atoms with E-state index in [1.807, 2.05) is 32.0 Å². The minimum Gasteiger partial charge on any atom is -0.382 e. The monoisotopic (exact) mass is 562 g/mol. The average Bonchev–Trinajstić information content (AvgIpc) is 3.21. The van der Waals surface area contributed by atoms with Crippen LogP contribution in [0.4, 0.5) is 5.82 Å². The van der Waals surface area contributed by atoms with Crippen LogP contribution in [0.25, 0.3) is 11.7 Å². The highest BCUT2D eigenvalue weighted by molar-refractivity contribution is 8.26. The summed E-state index contributed by atoms with van der Waals surface area (Å²) in [5.41, 5.74) is 3.19. The minimum atomic E-state index is -0.174. The molecule has 0 bridgehead atoms. The Bertz CT molecular complexity index is 1450. The largest absolute Gasteiger partial charge is 0.382 e. The van der Waals surface area contributed by atoms with Crippen molar-refractivity contribution in [2.45, 2.75) is 39.5 Å². The first kappa shape index (κ1) is 27.6. The second-order valence-electron chi connectivity index (χ2n) is 10.1. The fourth-order valence-corrected chi connectivity index (χ4v) is 6.49. The molecule has 1 amide bonds. The van der Waals surface area contributed by atoms with E-state index in [0.717, 1.165) is 37.9 Å². The summed E-state index contributed by atoms with van der Waals surface area (Å²) in [7, 11) is 0. The molecule has 2 aliphatic heterocycles. The van der Waals surface area contributed by atoms with Crippen LogP contribution in [0.1, 0.15) is 42.9 Å². The van der Waals surface area contributed by atoms with E-state index in [1.165, 1.54) is 17.3 Å². The first-order chi connectivity index (χ1) is 18.9. The summed E-state index contributed by atoms with van der Waals surface area (Å²) in [4.78, 5) is 36.3. The van der Waals surface area contributed by atoms with Gasteiger partial charge in [-0.25, -0.2) is 4.98 Å². The molecule has 0 saturated carbocycles. The summed E-state index contributed by atoms with van der Waals surface area (Å²) < 4.78 is 7.50. The lowest BCUT2D eigenvalue weighted by molar-refractivity contribution is -0.122. The number of hydrogen-bond acceptors (Lipinski definition) is 7. The Morgan fingerprint density at radius 3 is 2.64 bits per heavy atom. The van der Waals surface area contributed by atoms with Gasteiger partial charge in [-0.1, -0.05) is 60.4 Å². The Kier molecular flexibility index (Phi) is 8.79. The number of thiocarbonyl (C=S) groups is 1. The van der Waals surface area contributed by atoms with E-state index >= 15 is 0 Å². The number of aryl methyl sites for hydroxylation is 1. The molecule has 2 aliphatic rings. The zero-order chi connectivity index (χ0) is 27.4. The number of carbonyl (C=O) groups is 1. The van der Waals surface area contributed by atoms with Gasteiger partial charge in [0.25, 0.3) is 11.5 Å². The number of rotatable bonds is 9. The number of fused-ring (bicyclic) bond motifs is 1. The first-order valence-corrected chi connectivity index (χ1v) is 14.8. The molecule has 4 heterocycles. The van der Waals surface area contributed by atoms with Gasteiger partial charge in [-0.05, 0) is 68.7 Å². The highest BCUT2D eigenvalue weighted by atomic mass is 32.2. The van der Waals surface area contributed by atoms with Crippen molar-refractivity contribution in [2.75, 3.05) is 37.7 Å². The number of hydrogen-bond donors (Lipinski definition) is 0. The standard InChI is InChI=1S/C30H34N4O3S2/c1-3-37-17-7-14-33-29(36)25(39-30(33)38)19-24-27(31-26-11-10-21(2)20-34(26)28(24)35)32-15-12-23(13-16-32)18-22-8-5-4-6-9-22/h4-6,8-11,19-20,23H,3,7,12-18H2,1-2H3. The van der Waals surface area contributed by atoms with Crippen molar-refractivity contribution in [1.82, 2.24) is 14.3 Å². The third-order valence-electron chi connectivity index (χ3n) is 7.29. The van der Waals surface area contributed by atoms with E-state index < -0.39 is 0 Å². The number of amides is 1. The summed E-state index contributed by atoms with van der Waals surface area (Å²) in [6.07, 6.45) is 7.31. The fraction of sp³-hybridized carbons (Fsp3) is 0.400. The van der Waals surface area contributed by atoms with E-state index in [4.69, 9.17) is 21.9 Å². The van der Waals surface area contributed by atoms with Crippen LogP contribution in [0.2, 0.25) is 0 Å². The SMILES string of the molecule is CCOCCCN1C(=O)C(=Cc2c(N3CCC(Cc4ccccc4)CC3)nc3ccc(C)cn3c2=O)SC1=S. The normalized spacial score (nSPS) is 17.6. The lowest BCUT2D eigenvalue weighted by Crippen LogP contribution is -2.37. The maximum atomic E-state index is 13.8. The summed E-state index contributed by atoms with van der Waals surface area (Å²) in [6.45, 7) is 7.23. The van der Waals surface area contributed by atoms with E-state index in [2.05, 4.69) is 29.2 Å². The van der Waals surface area contributed by atoms with Crippen LogP contribution in [0.15, 0.2) is 58.4 Å². The van der Waals surface area contributed by atoms with Gasteiger partial charge >= 0.3 is 0 Å². The Morgan fingerprint density at radius 1 is 1.13 bits per heavy atom. The van der Waals surface area contributed by atoms with Crippen molar-refractivity contribution in [3.05, 3.63) is 80.6 Å². The number of anilines is 1. The number of ether oxygens (including phenoxy) is 1. The molecule has 7 nitrogen and oxygen atoms in total. The topological polar surface area (TPSA) is 67.2 Å². The molecule has 2 fully saturated rings. The van der Waals surface area contributed by atoms with Crippen LogP contribution < -0.4 is 10.5 Å². The molecule has 3 aromatic rings. The summed E-state index contributed by atoms with van der Waals surface area (Å²) >= 11 is 6.77. The zero-order valence-electron chi connectivity index (χ0n) is 22.5. The van der Waals surface area contributed by atoms with Crippen molar-refractivity contribution >= 4 is 51.7 Å². The number of benzene rings is 1. The van der Waals surface area contributed by atoms with E-state index in [9.17, 15) is 9.59 Å². The number of pyridine rings is 1. The molecular weight excluding hydrogens is 528 g/mol. The summed E-state index contributed by atoms with van der Waals surface area (Å²) in [6, 6.07) is 14.4. The van der Waals surface area contributed by atoms with Gasteiger partial charge in [-0.15, -0.1) is 0 Å². The molecule has 0 unspecified atom stereocenters. The first-order valence-electron chi connectivity index (χ1n) is 13.6. The Balaban J connectivity index is 1.43. The van der Waals surface area contributed by atoms with E-state index in [-0.39, 0.29) is 11.5 Å². The smallest absolute Gasteiger partial charge is 0.267 e. The molecule has 0 atom stereocenters. The second-order valence-corrected chi connectivity index (χ2v) is 11.8. The van der Waals surface area contributed by atoms with Crippen molar-refractivity contribution < 1.29 is 9.53 Å². The van der Waals surface area contributed by atoms with Gasteiger partial charge in [0.1, 0.15) is 15.8 Å². The molecule has 39 heavy (non-hydrogen) atoms. The van der Waals surface area contributed by atoms with Crippen molar-refractivity contribution in [3.63, 3.8) is 0 Å². The number of carbonyl (C=O) groups excluding carboxylic acids is 1. The van der Waals surface area contributed by atoms with Crippen LogP contribution in [0.3, 0.4) is 0 Å². The number of piperidine rings is 1. The van der Waals surface area contributed by atoms with Crippen LogP contribution >= 0.6 is 24.0 Å². The van der Waals surface area contributed by atoms with E-state index in [1.54, 1.807) is 21.6 Å². The summed E-state index contributed by atoms with van der Waals surface area (Å²) in [5.74, 6) is 1.07. The second kappa shape index (κ2) is 12.4.